The lowest BCUT2D eigenvalue weighted by molar-refractivity contribution is 1.15. The Labute approximate surface area is 238 Å². The van der Waals surface area contributed by atoms with Gasteiger partial charge < -0.3 is 9.13 Å². The second-order valence-electron chi connectivity index (χ2n) is 7.14. The van der Waals surface area contributed by atoms with Crippen molar-refractivity contribution in [2.24, 2.45) is 0 Å². The fourth-order valence-electron chi connectivity index (χ4n) is 4.04. The van der Waals surface area contributed by atoms with Gasteiger partial charge in [-0.15, -0.1) is 0 Å². The Hall–Kier alpha value is -3.34. The Morgan fingerprint density at radius 1 is 0.471 bits per heavy atom. The number of benzene rings is 5. The predicted molar refractivity (Wildman–Crippen MR) is 151 cm³/mol. The molecule has 7 rings (SSSR count). The van der Waals surface area contributed by atoms with Gasteiger partial charge in [-0.25, -0.2) is 0 Å². The summed E-state index contributed by atoms with van der Waals surface area (Å²) in [5.74, 6) is 0. The number of nitrogens with zero attached hydrogens (tertiary/aromatic N) is 2. The summed E-state index contributed by atoms with van der Waals surface area (Å²) < 4.78 is 159. The summed E-state index contributed by atoms with van der Waals surface area (Å²) in [5.41, 5.74) is -2.23. The van der Waals surface area contributed by atoms with Crippen LogP contribution in [-0.4, -0.2) is 9.13 Å². The first kappa shape index (κ1) is 9.03. The monoisotopic (exact) mass is 582 g/mol. The summed E-state index contributed by atoms with van der Waals surface area (Å²) in [6.45, 7) is 0. The Kier molecular flexibility index (Phi) is 2.01. The number of fused-ring (bicyclic) bond motifs is 6. The molecule has 2 heterocycles. The Morgan fingerprint density at radius 2 is 0.941 bits per heavy atom. The average molecular weight is 584 g/mol. The third-order valence-electron chi connectivity index (χ3n) is 5.38. The normalized spacial score (nSPS) is 19.2. The molecule has 5 aromatic carbocycles. The molecule has 4 heteroatoms. The molecule has 34 heavy (non-hydrogen) atoms. The van der Waals surface area contributed by atoms with Crippen LogP contribution in [0.25, 0.3) is 55.0 Å². The van der Waals surface area contributed by atoms with Crippen molar-refractivity contribution in [3.8, 4) is 11.4 Å². The topological polar surface area (TPSA) is 9.86 Å². The zero-order chi connectivity index (χ0) is 38.5. The highest BCUT2D eigenvalue weighted by molar-refractivity contribution is 9.11. The second kappa shape index (κ2) is 7.59. The van der Waals surface area contributed by atoms with Gasteiger partial charge in [0.25, 0.3) is 0 Å². The zero-order valence-electron chi connectivity index (χ0n) is 34.7. The van der Waals surface area contributed by atoms with E-state index in [0.717, 1.165) is 9.13 Å². The van der Waals surface area contributed by atoms with Crippen LogP contribution in [0.1, 0.15) is 24.7 Å². The first-order chi connectivity index (χ1) is 24.2. The van der Waals surface area contributed by atoms with Crippen LogP contribution in [0, 0.1) is 0 Å². The predicted octanol–water partition coefficient (Wildman–Crippen LogP) is 9.41. The van der Waals surface area contributed by atoms with Crippen LogP contribution >= 0.6 is 31.9 Å². The Morgan fingerprint density at radius 3 is 1.53 bits per heavy atom. The lowest BCUT2D eigenvalue weighted by Crippen LogP contribution is -1.97. The molecular formula is C30H18Br2N2. The minimum Gasteiger partial charge on any atom is -0.309 e. The molecule has 0 unspecified atom stereocenters. The van der Waals surface area contributed by atoms with Crippen LogP contribution in [-0.2, 0) is 0 Å². The molecule has 0 saturated heterocycles. The maximum Gasteiger partial charge on any atom is 0.0746 e. The quantitative estimate of drug-likeness (QED) is 0.192. The van der Waals surface area contributed by atoms with Crippen LogP contribution in [0.15, 0.2) is 118 Å². The van der Waals surface area contributed by atoms with Crippen LogP contribution in [0.5, 0.6) is 0 Å². The van der Waals surface area contributed by atoms with Crippen molar-refractivity contribution in [1.29, 1.82) is 0 Å². The van der Waals surface area contributed by atoms with Gasteiger partial charge >= 0.3 is 0 Å². The summed E-state index contributed by atoms with van der Waals surface area (Å²) in [4.78, 5) is 0. The number of hydrogen-bond donors (Lipinski definition) is 0. The molecule has 0 aliphatic heterocycles. The number of rotatable bonds is 2. The molecule has 162 valence electrons. The lowest BCUT2D eigenvalue weighted by atomic mass is 10.1. The number of hydrogen-bond acceptors (Lipinski definition) is 0. The maximum absolute atomic E-state index is 9.62. The summed E-state index contributed by atoms with van der Waals surface area (Å²) in [6.07, 6.45) is 0. The standard InChI is InChI=1S/C30H18Br2N2/c31-24-11-7-12-25(32)30(24)34-28-15-6-3-10-22(28)23-18-19(16-17-29(23)34)33-26-13-4-1-8-20(26)21-9-2-5-14-27(21)33/h1-18H/i1D,2D,3D,4D,5D,6D,7D,8D,9D,10D,11D,12D,13D,14D,15D,16D,17D,18D. The second-order valence-corrected chi connectivity index (χ2v) is 8.73. The zero-order valence-corrected chi connectivity index (χ0v) is 19.8. The number of halogens is 2. The van der Waals surface area contributed by atoms with Crippen LogP contribution in [0.4, 0.5) is 0 Å². The number of aromatic nitrogens is 2. The average Bonchev–Trinajstić information content (AvgIpc) is 3.65. The molecule has 2 nitrogen and oxygen atoms in total. The molecule has 0 spiro atoms. The van der Waals surface area contributed by atoms with Crippen molar-refractivity contribution >= 4 is 75.5 Å². The highest BCUT2D eigenvalue weighted by Crippen LogP contribution is 2.39. The van der Waals surface area contributed by atoms with Crippen LogP contribution in [0.2, 0.25) is 0 Å². The molecule has 0 bridgehead atoms. The fourth-order valence-corrected chi connectivity index (χ4v) is 5.25. The van der Waals surface area contributed by atoms with Gasteiger partial charge in [-0.3, -0.25) is 0 Å². The number of para-hydroxylation sites is 4. The van der Waals surface area contributed by atoms with E-state index >= 15 is 0 Å². The molecule has 0 fully saturated rings. The maximum atomic E-state index is 9.62. The minimum absolute atomic E-state index is 0.123. The van der Waals surface area contributed by atoms with E-state index in [4.69, 9.17) is 20.6 Å². The van der Waals surface area contributed by atoms with Gasteiger partial charge in [0.2, 0.25) is 0 Å². The van der Waals surface area contributed by atoms with Gasteiger partial charge in [0.15, 0.2) is 0 Å². The van der Waals surface area contributed by atoms with Gasteiger partial charge in [0.1, 0.15) is 0 Å². The van der Waals surface area contributed by atoms with E-state index in [1.54, 1.807) is 0 Å². The smallest absolute Gasteiger partial charge is 0.0746 e. The summed E-state index contributed by atoms with van der Waals surface area (Å²) >= 11 is 6.53. The van der Waals surface area contributed by atoms with E-state index in [2.05, 4.69) is 31.9 Å². The molecule has 7 aromatic rings. The Bertz CT molecular complexity index is 2750. The van der Waals surface area contributed by atoms with Crippen molar-refractivity contribution in [1.82, 2.24) is 9.13 Å². The largest absolute Gasteiger partial charge is 0.309 e. The first-order valence-electron chi connectivity index (χ1n) is 18.7. The fraction of sp³-hybridized carbons (Fsp3) is 0. The minimum atomic E-state index is -0.794. The summed E-state index contributed by atoms with van der Waals surface area (Å²) in [7, 11) is 0. The molecule has 0 N–H and O–H groups in total. The highest BCUT2D eigenvalue weighted by Gasteiger charge is 2.18. The summed E-state index contributed by atoms with van der Waals surface area (Å²) in [5, 5.41) is -1.34. The molecule has 0 radical (unpaired) electrons. The third-order valence-corrected chi connectivity index (χ3v) is 6.53. The van der Waals surface area contributed by atoms with Gasteiger partial charge in [-0.05, 0) is 80.2 Å². The van der Waals surface area contributed by atoms with Crippen molar-refractivity contribution < 1.29 is 24.7 Å². The molecule has 0 amide bonds. The SMILES string of the molecule is [2H]c1c([2H])c(Br)c(-n2c3c([2H])c([2H])c([2H])c([2H])c3c3c([2H])c(-n4c5c([2H])c([2H])c([2H])c([2H])c5c5c([2H])c([2H])c([2H])c([2H])c54)c([2H])c([2H])c32)c(Br)c1[2H]. The molecule has 0 atom stereocenters. The highest BCUT2D eigenvalue weighted by atomic mass is 79.9. The Balaban J connectivity index is 1.86. The molecule has 0 aliphatic rings. The van der Waals surface area contributed by atoms with Gasteiger partial charge in [0, 0.05) is 36.2 Å². The molecule has 0 saturated carbocycles. The van der Waals surface area contributed by atoms with E-state index < -0.39 is 125 Å². The third kappa shape index (κ3) is 2.79. The van der Waals surface area contributed by atoms with E-state index in [1.165, 1.54) is 0 Å². The summed E-state index contributed by atoms with van der Waals surface area (Å²) in [6, 6.07) is -12.1. The van der Waals surface area contributed by atoms with Crippen molar-refractivity contribution in [2.75, 3.05) is 0 Å². The van der Waals surface area contributed by atoms with Crippen molar-refractivity contribution in [2.45, 2.75) is 0 Å². The van der Waals surface area contributed by atoms with Crippen LogP contribution < -0.4 is 0 Å². The van der Waals surface area contributed by atoms with E-state index in [9.17, 15) is 4.11 Å². The van der Waals surface area contributed by atoms with Gasteiger partial charge in [-0.2, -0.15) is 0 Å². The van der Waals surface area contributed by atoms with E-state index in [0.29, 0.717) is 0 Å². The molecule has 0 aliphatic carbocycles. The van der Waals surface area contributed by atoms with E-state index in [-0.39, 0.29) is 47.2 Å². The molecular weight excluding hydrogens is 548 g/mol. The van der Waals surface area contributed by atoms with Gasteiger partial charge in [0.05, 0.1) is 52.4 Å². The van der Waals surface area contributed by atoms with Crippen molar-refractivity contribution in [3.63, 3.8) is 0 Å². The van der Waals surface area contributed by atoms with Gasteiger partial charge in [-0.1, -0.05) is 60.4 Å². The molecule has 2 aromatic heterocycles. The lowest BCUT2D eigenvalue weighted by Gasteiger charge is -2.13. The van der Waals surface area contributed by atoms with Crippen molar-refractivity contribution in [3.05, 3.63) is 118 Å². The van der Waals surface area contributed by atoms with Crippen LogP contribution in [0.3, 0.4) is 0 Å². The first-order valence-corrected chi connectivity index (χ1v) is 11.3. The van der Waals surface area contributed by atoms with E-state index in [1.807, 2.05) is 0 Å².